The van der Waals surface area contributed by atoms with E-state index >= 15 is 0 Å². The molecule has 0 radical (unpaired) electrons. The average molecular weight is 339 g/mol. The number of carbonyl (C=O) groups excluding carboxylic acids is 2. The summed E-state index contributed by atoms with van der Waals surface area (Å²) in [6.07, 6.45) is 3.97. The Morgan fingerprint density at radius 2 is 2.16 bits per heavy atom. The number of ether oxygens (including phenoxy) is 1. The Morgan fingerprint density at radius 3 is 3.00 bits per heavy atom. The fourth-order valence-electron chi connectivity index (χ4n) is 3.58. The number of hydrogen-bond donors (Lipinski definition) is 0. The molecule has 2 fully saturated rings. The van der Waals surface area contributed by atoms with Crippen LogP contribution in [0.4, 0.5) is 0 Å². The number of amides is 2. The van der Waals surface area contributed by atoms with Crippen LogP contribution in [0.1, 0.15) is 19.3 Å². The first-order chi connectivity index (χ1) is 12.2. The lowest BCUT2D eigenvalue weighted by Crippen LogP contribution is -2.40. The van der Waals surface area contributed by atoms with Gasteiger partial charge in [0.05, 0.1) is 12.1 Å². The maximum absolute atomic E-state index is 12.3. The number of aromatic nitrogens is 1. The Morgan fingerprint density at radius 1 is 1.24 bits per heavy atom. The molecular formula is C19H21N3O3. The van der Waals surface area contributed by atoms with Crippen LogP contribution in [0, 0.1) is 0 Å². The van der Waals surface area contributed by atoms with E-state index in [2.05, 4.69) is 9.88 Å². The highest BCUT2D eigenvalue weighted by molar-refractivity contribution is 5.97. The van der Waals surface area contributed by atoms with Gasteiger partial charge >= 0.3 is 0 Å². The maximum Gasteiger partial charge on any atom is 0.243 e. The molecule has 2 aliphatic rings. The first-order valence-electron chi connectivity index (χ1n) is 8.76. The van der Waals surface area contributed by atoms with E-state index < -0.39 is 0 Å². The van der Waals surface area contributed by atoms with Crippen LogP contribution in [0.2, 0.25) is 0 Å². The van der Waals surface area contributed by atoms with Gasteiger partial charge in [-0.3, -0.25) is 24.4 Å². The molecule has 1 unspecified atom stereocenters. The van der Waals surface area contributed by atoms with Crippen LogP contribution in [-0.2, 0) is 9.59 Å². The molecule has 2 aromatic rings. The van der Waals surface area contributed by atoms with E-state index in [-0.39, 0.29) is 17.9 Å². The molecule has 3 heterocycles. The molecule has 0 spiro atoms. The SMILES string of the molecule is O=C1CCCN1C(=O)CN1CCC(Oc2cccc3ncccc23)C1. The first-order valence-corrected chi connectivity index (χ1v) is 8.76. The first kappa shape index (κ1) is 16.0. The fourth-order valence-corrected chi connectivity index (χ4v) is 3.58. The molecule has 1 aromatic heterocycles. The summed E-state index contributed by atoms with van der Waals surface area (Å²) in [6, 6.07) is 9.78. The normalized spacial score (nSPS) is 21.2. The van der Waals surface area contributed by atoms with E-state index in [4.69, 9.17) is 4.74 Å². The summed E-state index contributed by atoms with van der Waals surface area (Å²) < 4.78 is 6.17. The predicted octanol–water partition coefficient (Wildman–Crippen LogP) is 1.84. The van der Waals surface area contributed by atoms with E-state index in [1.165, 1.54) is 4.90 Å². The third-order valence-electron chi connectivity index (χ3n) is 4.86. The molecule has 6 nitrogen and oxygen atoms in total. The van der Waals surface area contributed by atoms with Crippen molar-refractivity contribution in [3.8, 4) is 5.75 Å². The van der Waals surface area contributed by atoms with Crippen molar-refractivity contribution in [3.05, 3.63) is 36.5 Å². The molecule has 2 aliphatic heterocycles. The average Bonchev–Trinajstić information content (AvgIpc) is 3.24. The van der Waals surface area contributed by atoms with Gasteiger partial charge in [-0.25, -0.2) is 0 Å². The van der Waals surface area contributed by atoms with Crippen LogP contribution >= 0.6 is 0 Å². The van der Waals surface area contributed by atoms with Crippen LogP contribution < -0.4 is 4.74 Å². The summed E-state index contributed by atoms with van der Waals surface area (Å²) in [5, 5.41) is 1.00. The van der Waals surface area contributed by atoms with Gasteiger partial charge in [0.25, 0.3) is 0 Å². The topological polar surface area (TPSA) is 62.7 Å². The zero-order chi connectivity index (χ0) is 17.2. The summed E-state index contributed by atoms with van der Waals surface area (Å²) >= 11 is 0. The lowest BCUT2D eigenvalue weighted by Gasteiger charge is -2.20. The Labute approximate surface area is 146 Å². The van der Waals surface area contributed by atoms with E-state index in [9.17, 15) is 9.59 Å². The number of carbonyl (C=O) groups is 2. The molecular weight excluding hydrogens is 318 g/mol. The molecule has 0 N–H and O–H groups in total. The lowest BCUT2D eigenvalue weighted by atomic mass is 10.2. The number of pyridine rings is 1. The summed E-state index contributed by atoms with van der Waals surface area (Å²) in [5.41, 5.74) is 0.914. The molecule has 6 heteroatoms. The third kappa shape index (κ3) is 3.35. The zero-order valence-electron chi connectivity index (χ0n) is 14.1. The molecule has 25 heavy (non-hydrogen) atoms. The molecule has 1 atom stereocenters. The van der Waals surface area contributed by atoms with Gasteiger partial charge in [-0.15, -0.1) is 0 Å². The molecule has 2 saturated heterocycles. The van der Waals surface area contributed by atoms with E-state index in [0.717, 1.165) is 36.0 Å². The monoisotopic (exact) mass is 339 g/mol. The summed E-state index contributed by atoms with van der Waals surface area (Å²) in [5.74, 6) is 0.705. The highest BCUT2D eigenvalue weighted by Crippen LogP contribution is 2.26. The largest absolute Gasteiger partial charge is 0.488 e. The van der Waals surface area contributed by atoms with Gasteiger partial charge in [0.2, 0.25) is 11.8 Å². The van der Waals surface area contributed by atoms with Crippen molar-refractivity contribution in [2.75, 3.05) is 26.2 Å². The fraction of sp³-hybridized carbons (Fsp3) is 0.421. The van der Waals surface area contributed by atoms with Crippen molar-refractivity contribution in [1.82, 2.24) is 14.8 Å². The van der Waals surface area contributed by atoms with Crippen molar-refractivity contribution >= 4 is 22.7 Å². The van der Waals surface area contributed by atoms with E-state index in [0.29, 0.717) is 26.1 Å². The summed E-state index contributed by atoms with van der Waals surface area (Å²) in [4.78, 5) is 31.8. The van der Waals surface area contributed by atoms with Gasteiger partial charge in [0.1, 0.15) is 11.9 Å². The number of fused-ring (bicyclic) bond motifs is 1. The quantitative estimate of drug-likeness (QED) is 0.850. The predicted molar refractivity (Wildman–Crippen MR) is 93.2 cm³/mol. The maximum atomic E-state index is 12.3. The molecule has 1 aromatic carbocycles. The van der Waals surface area contributed by atoms with Crippen molar-refractivity contribution in [2.45, 2.75) is 25.4 Å². The van der Waals surface area contributed by atoms with Gasteiger partial charge in [0, 0.05) is 37.6 Å². The highest BCUT2D eigenvalue weighted by atomic mass is 16.5. The van der Waals surface area contributed by atoms with Gasteiger partial charge in [-0.1, -0.05) is 6.07 Å². The number of likely N-dealkylation sites (tertiary alicyclic amines) is 2. The van der Waals surface area contributed by atoms with Crippen LogP contribution in [0.3, 0.4) is 0 Å². The number of benzene rings is 1. The number of rotatable bonds is 4. The van der Waals surface area contributed by atoms with Gasteiger partial charge in [-0.2, -0.15) is 0 Å². The molecule has 0 aliphatic carbocycles. The second kappa shape index (κ2) is 6.80. The summed E-state index contributed by atoms with van der Waals surface area (Å²) in [6.45, 7) is 2.36. The molecule has 130 valence electrons. The van der Waals surface area contributed by atoms with Gasteiger partial charge < -0.3 is 4.74 Å². The number of nitrogens with zero attached hydrogens (tertiary/aromatic N) is 3. The zero-order valence-corrected chi connectivity index (χ0v) is 14.1. The molecule has 2 amide bonds. The number of imide groups is 1. The standard InChI is InChI=1S/C19H21N3O3/c23-18-7-3-10-22(18)19(24)13-21-11-8-14(12-21)25-17-6-1-5-16-15(17)4-2-9-20-16/h1-2,4-6,9,14H,3,7-8,10-13H2. The summed E-state index contributed by atoms with van der Waals surface area (Å²) in [7, 11) is 0. The Bertz CT molecular complexity index is 802. The minimum Gasteiger partial charge on any atom is -0.488 e. The van der Waals surface area contributed by atoms with Crippen molar-refractivity contribution in [1.29, 1.82) is 0 Å². The number of hydrogen-bond acceptors (Lipinski definition) is 5. The molecule has 4 rings (SSSR count). The van der Waals surface area contributed by atoms with Crippen molar-refractivity contribution < 1.29 is 14.3 Å². The Kier molecular flexibility index (Phi) is 4.36. The van der Waals surface area contributed by atoms with Crippen LogP contribution in [0.25, 0.3) is 10.9 Å². The van der Waals surface area contributed by atoms with Crippen LogP contribution in [-0.4, -0.2) is 58.9 Å². The third-order valence-corrected chi connectivity index (χ3v) is 4.86. The van der Waals surface area contributed by atoms with E-state index in [1.54, 1.807) is 6.20 Å². The second-order valence-electron chi connectivity index (χ2n) is 6.63. The minimum absolute atomic E-state index is 0.0414. The van der Waals surface area contributed by atoms with Crippen LogP contribution in [0.5, 0.6) is 5.75 Å². The minimum atomic E-state index is -0.0856. The van der Waals surface area contributed by atoms with Crippen molar-refractivity contribution in [3.63, 3.8) is 0 Å². The van der Waals surface area contributed by atoms with Gasteiger partial charge in [0.15, 0.2) is 0 Å². The Balaban J connectivity index is 1.37. The highest BCUT2D eigenvalue weighted by Gasteiger charge is 2.31. The lowest BCUT2D eigenvalue weighted by molar-refractivity contribution is -0.142. The smallest absolute Gasteiger partial charge is 0.243 e. The second-order valence-corrected chi connectivity index (χ2v) is 6.63. The van der Waals surface area contributed by atoms with Crippen molar-refractivity contribution in [2.24, 2.45) is 0 Å². The van der Waals surface area contributed by atoms with E-state index in [1.807, 2.05) is 30.3 Å². The molecule has 0 bridgehead atoms. The molecule has 0 saturated carbocycles. The van der Waals surface area contributed by atoms with Crippen LogP contribution in [0.15, 0.2) is 36.5 Å². The van der Waals surface area contributed by atoms with Gasteiger partial charge in [-0.05, 0) is 37.1 Å². The Hall–Kier alpha value is -2.47.